The molecule has 1 rings (SSSR count). The number of rotatable bonds is 2. The molecule has 0 aromatic carbocycles. The van der Waals surface area contributed by atoms with Crippen LogP contribution < -0.4 is 5.32 Å². The predicted octanol–water partition coefficient (Wildman–Crippen LogP) is 1.36. The average Bonchev–Trinajstić information content (AvgIpc) is 2.05. The maximum Gasteiger partial charge on any atom is 0.239 e. The van der Waals surface area contributed by atoms with Gasteiger partial charge in [-0.25, -0.2) is 0 Å². The lowest BCUT2D eigenvalue weighted by Crippen LogP contribution is -2.48. The molecule has 1 heterocycles. The van der Waals surface area contributed by atoms with E-state index in [4.69, 9.17) is 5.41 Å². The summed E-state index contributed by atoms with van der Waals surface area (Å²) in [5, 5.41) is 10.6. The van der Waals surface area contributed by atoms with Gasteiger partial charge in [-0.05, 0) is 33.6 Å². The number of nitrogens with zero attached hydrogens (tertiary/aromatic N) is 1. The first-order valence-corrected chi connectivity index (χ1v) is 5.52. The van der Waals surface area contributed by atoms with Gasteiger partial charge in [0.1, 0.15) is 0 Å². The lowest BCUT2D eigenvalue weighted by Gasteiger charge is -2.30. The van der Waals surface area contributed by atoms with Crippen LogP contribution in [0.4, 0.5) is 0 Å². The van der Waals surface area contributed by atoms with E-state index in [-0.39, 0.29) is 11.4 Å². The summed E-state index contributed by atoms with van der Waals surface area (Å²) in [5.41, 5.74) is -0.185. The Kier molecular flexibility index (Phi) is 3.72. The lowest BCUT2D eigenvalue weighted by atomic mass is 10.1. The van der Waals surface area contributed by atoms with Gasteiger partial charge in [0, 0.05) is 18.5 Å². The van der Waals surface area contributed by atoms with Crippen LogP contribution in [0.25, 0.3) is 0 Å². The van der Waals surface area contributed by atoms with Crippen molar-refractivity contribution in [3.8, 4) is 0 Å². The molecule has 0 aromatic rings. The Labute approximate surface area is 91.5 Å². The number of amidine groups is 1. The third-order valence-corrected chi connectivity index (χ3v) is 2.32. The summed E-state index contributed by atoms with van der Waals surface area (Å²) in [5.74, 6) is 0.611. The third-order valence-electron chi connectivity index (χ3n) is 2.32. The minimum atomic E-state index is -0.185. The van der Waals surface area contributed by atoms with Gasteiger partial charge in [0.15, 0.2) is 0 Å². The van der Waals surface area contributed by atoms with Crippen LogP contribution in [-0.2, 0) is 4.79 Å². The molecule has 0 aliphatic carbocycles. The van der Waals surface area contributed by atoms with Crippen molar-refractivity contribution in [1.29, 1.82) is 5.41 Å². The van der Waals surface area contributed by atoms with E-state index in [1.807, 2.05) is 25.7 Å². The van der Waals surface area contributed by atoms with E-state index in [2.05, 4.69) is 5.32 Å². The molecule has 2 N–H and O–H groups in total. The second kappa shape index (κ2) is 4.64. The van der Waals surface area contributed by atoms with E-state index in [0.717, 1.165) is 25.8 Å². The normalized spacial score (nSPS) is 17.8. The number of carbonyl (C=O) groups excluding carboxylic acids is 1. The average molecular weight is 211 g/mol. The highest BCUT2D eigenvalue weighted by Crippen LogP contribution is 2.10. The van der Waals surface area contributed by atoms with Crippen molar-refractivity contribution >= 4 is 11.7 Å². The summed E-state index contributed by atoms with van der Waals surface area (Å²) < 4.78 is 0. The smallest absolute Gasteiger partial charge is 0.239 e. The van der Waals surface area contributed by atoms with Gasteiger partial charge in [0.05, 0.1) is 12.4 Å². The van der Waals surface area contributed by atoms with E-state index in [1.54, 1.807) is 0 Å². The number of hydrogen-bond acceptors (Lipinski definition) is 2. The zero-order valence-corrected chi connectivity index (χ0v) is 9.89. The maximum atomic E-state index is 11.6. The summed E-state index contributed by atoms with van der Waals surface area (Å²) in [6, 6.07) is 0. The van der Waals surface area contributed by atoms with Crippen molar-refractivity contribution in [3.63, 3.8) is 0 Å². The van der Waals surface area contributed by atoms with Gasteiger partial charge < -0.3 is 10.2 Å². The number of carbonyl (C=O) groups is 1. The van der Waals surface area contributed by atoms with Crippen molar-refractivity contribution in [3.05, 3.63) is 0 Å². The second-order valence-corrected chi connectivity index (χ2v) is 5.12. The maximum absolute atomic E-state index is 11.6. The zero-order chi connectivity index (χ0) is 11.5. The first kappa shape index (κ1) is 12.0. The van der Waals surface area contributed by atoms with Crippen LogP contribution in [0.3, 0.4) is 0 Å². The summed E-state index contributed by atoms with van der Waals surface area (Å²) in [6.45, 7) is 7.07. The third kappa shape index (κ3) is 4.32. The molecule has 0 spiro atoms. The number of amides is 1. The predicted molar refractivity (Wildman–Crippen MR) is 61.0 cm³/mol. The SMILES string of the molecule is CC(C)(C)NC(=O)CN1CCCCC1=N. The molecule has 1 amide bonds. The molecule has 86 valence electrons. The number of nitrogens with one attached hydrogen (secondary N) is 2. The minimum absolute atomic E-state index is 0.00847. The molecule has 4 heteroatoms. The Morgan fingerprint density at radius 1 is 1.47 bits per heavy atom. The van der Waals surface area contributed by atoms with E-state index in [1.165, 1.54) is 0 Å². The fraction of sp³-hybridized carbons (Fsp3) is 0.818. The monoisotopic (exact) mass is 211 g/mol. The quantitative estimate of drug-likeness (QED) is 0.724. The van der Waals surface area contributed by atoms with Crippen LogP contribution in [0.15, 0.2) is 0 Å². The molecule has 1 aliphatic heterocycles. The summed E-state index contributed by atoms with van der Waals surface area (Å²) in [7, 11) is 0. The molecule has 1 saturated heterocycles. The standard InChI is InChI=1S/C11H21N3O/c1-11(2,3)13-10(15)8-14-7-5-4-6-9(14)12/h12H,4-8H2,1-3H3,(H,13,15). The Morgan fingerprint density at radius 2 is 2.13 bits per heavy atom. The van der Waals surface area contributed by atoms with E-state index >= 15 is 0 Å². The van der Waals surface area contributed by atoms with Gasteiger partial charge in [0.25, 0.3) is 0 Å². The van der Waals surface area contributed by atoms with Crippen molar-refractivity contribution in [2.24, 2.45) is 0 Å². The molecule has 1 fully saturated rings. The first-order chi connectivity index (χ1) is 6.88. The Hall–Kier alpha value is -1.06. The second-order valence-electron chi connectivity index (χ2n) is 5.12. The van der Waals surface area contributed by atoms with Crippen LogP contribution in [-0.4, -0.2) is 35.3 Å². The summed E-state index contributed by atoms with van der Waals surface area (Å²) in [6.07, 6.45) is 2.98. The van der Waals surface area contributed by atoms with Gasteiger partial charge in [-0.1, -0.05) is 0 Å². The van der Waals surface area contributed by atoms with Crippen LogP contribution in [0.2, 0.25) is 0 Å². The number of hydrogen-bond donors (Lipinski definition) is 2. The van der Waals surface area contributed by atoms with Crippen LogP contribution in [0.5, 0.6) is 0 Å². The van der Waals surface area contributed by atoms with E-state index in [9.17, 15) is 4.79 Å². The van der Waals surface area contributed by atoms with Gasteiger partial charge in [-0.3, -0.25) is 10.2 Å². The van der Waals surface area contributed by atoms with Crippen LogP contribution >= 0.6 is 0 Å². The highest BCUT2D eigenvalue weighted by Gasteiger charge is 2.20. The fourth-order valence-corrected chi connectivity index (χ4v) is 1.69. The number of likely N-dealkylation sites (tertiary alicyclic amines) is 1. The Bertz CT molecular complexity index is 255. The molecule has 15 heavy (non-hydrogen) atoms. The largest absolute Gasteiger partial charge is 0.351 e. The molecule has 0 atom stereocenters. The molecule has 0 saturated carbocycles. The van der Waals surface area contributed by atoms with Gasteiger partial charge in [0.2, 0.25) is 5.91 Å². The Balaban J connectivity index is 2.40. The molecule has 0 unspecified atom stereocenters. The van der Waals surface area contributed by atoms with Gasteiger partial charge in [-0.2, -0.15) is 0 Å². The molecule has 1 aliphatic rings. The van der Waals surface area contributed by atoms with E-state index in [0.29, 0.717) is 12.4 Å². The molecule has 0 radical (unpaired) electrons. The van der Waals surface area contributed by atoms with E-state index < -0.39 is 0 Å². The van der Waals surface area contributed by atoms with Crippen LogP contribution in [0, 0.1) is 5.41 Å². The Morgan fingerprint density at radius 3 is 2.67 bits per heavy atom. The number of piperidine rings is 1. The van der Waals surface area contributed by atoms with Crippen molar-refractivity contribution in [1.82, 2.24) is 10.2 Å². The molecule has 0 aromatic heterocycles. The topological polar surface area (TPSA) is 56.2 Å². The summed E-state index contributed by atoms with van der Waals surface area (Å²) >= 11 is 0. The van der Waals surface area contributed by atoms with Crippen LogP contribution in [0.1, 0.15) is 40.0 Å². The highest BCUT2D eigenvalue weighted by molar-refractivity contribution is 5.86. The zero-order valence-electron chi connectivity index (χ0n) is 9.89. The lowest BCUT2D eigenvalue weighted by molar-refractivity contribution is -0.122. The molecule has 4 nitrogen and oxygen atoms in total. The molecular formula is C11H21N3O. The van der Waals surface area contributed by atoms with Gasteiger partial charge >= 0.3 is 0 Å². The first-order valence-electron chi connectivity index (χ1n) is 5.52. The van der Waals surface area contributed by atoms with Crippen molar-refractivity contribution in [2.75, 3.05) is 13.1 Å². The van der Waals surface area contributed by atoms with Crippen molar-refractivity contribution < 1.29 is 4.79 Å². The highest BCUT2D eigenvalue weighted by atomic mass is 16.2. The molecule has 0 bridgehead atoms. The minimum Gasteiger partial charge on any atom is -0.351 e. The van der Waals surface area contributed by atoms with Crippen molar-refractivity contribution in [2.45, 2.75) is 45.6 Å². The summed E-state index contributed by atoms with van der Waals surface area (Å²) in [4.78, 5) is 13.5. The molecular weight excluding hydrogens is 190 g/mol. The van der Waals surface area contributed by atoms with Gasteiger partial charge in [-0.15, -0.1) is 0 Å². The fourth-order valence-electron chi connectivity index (χ4n) is 1.69.